The smallest absolute Gasteiger partial charge is 0.261 e. The Morgan fingerprint density at radius 1 is 1.46 bits per heavy atom. The van der Waals surface area contributed by atoms with Gasteiger partial charge in [-0.1, -0.05) is 11.2 Å². The van der Waals surface area contributed by atoms with Crippen LogP contribution in [0.5, 0.6) is 5.88 Å². The normalized spacial score (nSPS) is 14.7. The van der Waals surface area contributed by atoms with Crippen LogP contribution in [-0.4, -0.2) is 50.9 Å². The number of aryl methyl sites for hydroxylation is 1. The van der Waals surface area contributed by atoms with Crippen molar-refractivity contribution in [3.8, 4) is 16.6 Å². The molecule has 1 fully saturated rings. The number of aromatic nitrogens is 4. The standard InChI is InChI=1S/C15H15N5O3S/c1-19-8-10(14(17-19)22-2)15(21)20-6-9(7-20)13-16-12(18-23-13)11-4-3-5-24-11/h3-5,8-9H,6-7H2,1-2H3. The van der Waals surface area contributed by atoms with Crippen molar-refractivity contribution in [2.75, 3.05) is 20.2 Å². The fourth-order valence-corrected chi connectivity index (χ4v) is 3.29. The molecule has 0 aromatic carbocycles. The van der Waals surface area contributed by atoms with Crippen LogP contribution in [0.3, 0.4) is 0 Å². The molecule has 8 nitrogen and oxygen atoms in total. The third kappa shape index (κ3) is 2.46. The highest BCUT2D eigenvalue weighted by Gasteiger charge is 2.37. The topological polar surface area (TPSA) is 86.3 Å². The van der Waals surface area contributed by atoms with Crippen molar-refractivity contribution in [2.45, 2.75) is 5.92 Å². The van der Waals surface area contributed by atoms with Crippen molar-refractivity contribution in [1.82, 2.24) is 24.8 Å². The highest BCUT2D eigenvalue weighted by atomic mass is 32.1. The van der Waals surface area contributed by atoms with Gasteiger partial charge in [0, 0.05) is 26.3 Å². The van der Waals surface area contributed by atoms with Crippen LogP contribution >= 0.6 is 11.3 Å². The van der Waals surface area contributed by atoms with E-state index >= 15 is 0 Å². The van der Waals surface area contributed by atoms with Gasteiger partial charge in [-0.3, -0.25) is 9.48 Å². The molecule has 24 heavy (non-hydrogen) atoms. The minimum absolute atomic E-state index is 0.0674. The molecule has 0 N–H and O–H groups in total. The van der Waals surface area contributed by atoms with Crippen molar-refractivity contribution >= 4 is 17.2 Å². The molecule has 0 radical (unpaired) electrons. The molecular weight excluding hydrogens is 330 g/mol. The number of carbonyl (C=O) groups is 1. The van der Waals surface area contributed by atoms with Crippen LogP contribution in [-0.2, 0) is 7.05 Å². The highest BCUT2D eigenvalue weighted by Crippen LogP contribution is 2.31. The molecule has 0 spiro atoms. The number of ether oxygens (including phenoxy) is 1. The number of thiophene rings is 1. The third-order valence-electron chi connectivity index (χ3n) is 3.92. The van der Waals surface area contributed by atoms with Crippen LogP contribution in [0.2, 0.25) is 0 Å². The van der Waals surface area contributed by atoms with Gasteiger partial charge in [-0.2, -0.15) is 4.98 Å². The maximum atomic E-state index is 12.5. The first kappa shape index (κ1) is 14.9. The van der Waals surface area contributed by atoms with E-state index in [1.807, 2.05) is 17.5 Å². The molecule has 4 heterocycles. The molecule has 124 valence electrons. The van der Waals surface area contributed by atoms with Crippen molar-refractivity contribution < 1.29 is 14.1 Å². The van der Waals surface area contributed by atoms with Crippen LogP contribution in [0.4, 0.5) is 0 Å². The zero-order chi connectivity index (χ0) is 16.7. The van der Waals surface area contributed by atoms with Gasteiger partial charge >= 0.3 is 0 Å². The second-order valence-corrected chi connectivity index (χ2v) is 6.51. The van der Waals surface area contributed by atoms with Gasteiger partial charge in [0.2, 0.25) is 17.6 Å². The average Bonchev–Trinajstić information content (AvgIpc) is 3.25. The first-order valence-corrected chi connectivity index (χ1v) is 8.28. The summed E-state index contributed by atoms with van der Waals surface area (Å²) in [7, 11) is 3.26. The molecule has 0 aliphatic carbocycles. The van der Waals surface area contributed by atoms with E-state index in [-0.39, 0.29) is 11.8 Å². The number of methoxy groups -OCH3 is 1. The summed E-state index contributed by atoms with van der Waals surface area (Å²) in [5.74, 6) is 1.47. The highest BCUT2D eigenvalue weighted by molar-refractivity contribution is 7.13. The largest absolute Gasteiger partial charge is 0.479 e. The maximum absolute atomic E-state index is 12.5. The fourth-order valence-electron chi connectivity index (χ4n) is 2.64. The van der Waals surface area contributed by atoms with Gasteiger partial charge in [0.1, 0.15) is 5.56 Å². The number of hydrogen-bond donors (Lipinski definition) is 0. The van der Waals surface area contributed by atoms with Crippen molar-refractivity contribution in [3.63, 3.8) is 0 Å². The molecule has 0 unspecified atom stereocenters. The Morgan fingerprint density at radius 2 is 2.29 bits per heavy atom. The summed E-state index contributed by atoms with van der Waals surface area (Å²) in [6.45, 7) is 1.09. The van der Waals surface area contributed by atoms with E-state index in [4.69, 9.17) is 9.26 Å². The maximum Gasteiger partial charge on any atom is 0.261 e. The van der Waals surface area contributed by atoms with Gasteiger partial charge in [-0.15, -0.1) is 16.4 Å². The first-order chi connectivity index (χ1) is 11.7. The van der Waals surface area contributed by atoms with E-state index < -0.39 is 0 Å². The Morgan fingerprint density at radius 3 is 3.00 bits per heavy atom. The molecule has 0 atom stereocenters. The van der Waals surface area contributed by atoms with Gasteiger partial charge in [-0.05, 0) is 11.4 Å². The van der Waals surface area contributed by atoms with Gasteiger partial charge in [0.25, 0.3) is 5.91 Å². The predicted octanol–water partition coefficient (Wildman–Crippen LogP) is 1.78. The molecule has 1 amide bonds. The lowest BCUT2D eigenvalue weighted by molar-refractivity contribution is 0.0566. The molecular formula is C15H15N5O3S. The molecule has 1 saturated heterocycles. The van der Waals surface area contributed by atoms with Gasteiger partial charge < -0.3 is 14.2 Å². The molecule has 3 aromatic heterocycles. The number of carbonyl (C=O) groups excluding carboxylic acids is 1. The summed E-state index contributed by atoms with van der Waals surface area (Å²) < 4.78 is 12.0. The minimum Gasteiger partial charge on any atom is -0.479 e. The Labute approximate surface area is 141 Å². The number of likely N-dealkylation sites (tertiary alicyclic amines) is 1. The Kier molecular flexibility index (Phi) is 3.57. The van der Waals surface area contributed by atoms with E-state index in [1.165, 1.54) is 7.11 Å². The van der Waals surface area contributed by atoms with Crippen molar-refractivity contribution in [2.24, 2.45) is 7.05 Å². The Bertz CT molecular complexity index is 864. The second kappa shape index (κ2) is 5.75. The molecule has 9 heteroatoms. The Hall–Kier alpha value is -2.68. The summed E-state index contributed by atoms with van der Waals surface area (Å²) in [6, 6.07) is 3.89. The second-order valence-electron chi connectivity index (χ2n) is 5.57. The molecule has 1 aliphatic rings. The zero-order valence-corrected chi connectivity index (χ0v) is 14.0. The van der Waals surface area contributed by atoms with Crippen LogP contribution in [0.15, 0.2) is 28.2 Å². The quantitative estimate of drug-likeness (QED) is 0.716. The average molecular weight is 345 g/mol. The summed E-state index contributed by atoms with van der Waals surface area (Å²) in [5, 5.41) is 10.1. The van der Waals surface area contributed by atoms with Crippen LogP contribution in [0.1, 0.15) is 22.2 Å². The molecule has 3 aromatic rings. The lowest BCUT2D eigenvalue weighted by atomic mass is 9.99. The van der Waals surface area contributed by atoms with Crippen molar-refractivity contribution in [3.05, 3.63) is 35.2 Å². The summed E-state index contributed by atoms with van der Waals surface area (Å²) in [5.41, 5.74) is 0.461. The zero-order valence-electron chi connectivity index (χ0n) is 13.2. The summed E-state index contributed by atoms with van der Waals surface area (Å²) in [4.78, 5) is 19.6. The fraction of sp³-hybridized carbons (Fsp3) is 0.333. The minimum atomic E-state index is -0.103. The lowest BCUT2D eigenvalue weighted by Crippen LogP contribution is -2.48. The number of nitrogens with zero attached hydrogens (tertiary/aromatic N) is 5. The first-order valence-electron chi connectivity index (χ1n) is 7.40. The van der Waals surface area contributed by atoms with E-state index in [1.54, 1.807) is 34.2 Å². The van der Waals surface area contributed by atoms with E-state index in [0.29, 0.717) is 36.2 Å². The van der Waals surface area contributed by atoms with Crippen LogP contribution in [0, 0.1) is 0 Å². The van der Waals surface area contributed by atoms with Gasteiger partial charge in [0.05, 0.1) is 17.9 Å². The molecule has 0 bridgehead atoms. The monoisotopic (exact) mass is 345 g/mol. The summed E-state index contributed by atoms with van der Waals surface area (Å²) in [6.07, 6.45) is 1.66. The number of rotatable bonds is 4. The lowest BCUT2D eigenvalue weighted by Gasteiger charge is -2.36. The third-order valence-corrected chi connectivity index (χ3v) is 4.79. The van der Waals surface area contributed by atoms with Crippen LogP contribution in [0.25, 0.3) is 10.7 Å². The van der Waals surface area contributed by atoms with Gasteiger partial charge in [-0.25, -0.2) is 0 Å². The Balaban J connectivity index is 1.44. The number of hydrogen-bond acceptors (Lipinski definition) is 7. The molecule has 0 saturated carbocycles. The van der Waals surface area contributed by atoms with Crippen molar-refractivity contribution in [1.29, 1.82) is 0 Å². The molecule has 4 rings (SSSR count). The van der Waals surface area contributed by atoms with E-state index in [2.05, 4.69) is 15.2 Å². The van der Waals surface area contributed by atoms with Crippen LogP contribution < -0.4 is 4.74 Å². The van der Waals surface area contributed by atoms with E-state index in [9.17, 15) is 4.79 Å². The van der Waals surface area contributed by atoms with E-state index in [0.717, 1.165) is 4.88 Å². The molecule has 1 aliphatic heterocycles. The number of amides is 1. The predicted molar refractivity (Wildman–Crippen MR) is 86.0 cm³/mol. The SMILES string of the molecule is COc1nn(C)cc1C(=O)N1CC(c2nc(-c3cccs3)no2)C1. The summed E-state index contributed by atoms with van der Waals surface area (Å²) >= 11 is 1.56. The van der Waals surface area contributed by atoms with Gasteiger partial charge in [0.15, 0.2) is 0 Å².